The van der Waals surface area contributed by atoms with Crippen LogP contribution in [0.15, 0.2) is 54.7 Å². The van der Waals surface area contributed by atoms with Crippen molar-refractivity contribution >= 4 is 35.0 Å². The Morgan fingerprint density at radius 2 is 1.67 bits per heavy atom. The number of amides is 3. The Morgan fingerprint density at radius 3 is 2.28 bits per heavy atom. The van der Waals surface area contributed by atoms with Crippen LogP contribution in [0.2, 0.25) is 5.02 Å². The Labute approximate surface area is 227 Å². The summed E-state index contributed by atoms with van der Waals surface area (Å²) < 4.78 is 34.9. The first kappa shape index (κ1) is 27.5. The van der Waals surface area contributed by atoms with Crippen LogP contribution in [0.4, 0.5) is 25.1 Å². The molecule has 0 saturated carbocycles. The number of hydrogen-bond donors (Lipinski definition) is 3. The molecule has 0 bridgehead atoms. The van der Waals surface area contributed by atoms with Crippen molar-refractivity contribution in [3.05, 3.63) is 88.3 Å². The maximum atomic E-state index is 14.0. The molecular weight excluding hydrogens is 530 g/mol. The van der Waals surface area contributed by atoms with Gasteiger partial charge in [0.1, 0.15) is 34.6 Å². The largest absolute Gasteiger partial charge is 0.457 e. The summed E-state index contributed by atoms with van der Waals surface area (Å²) in [5.74, 6) is -1.36. The zero-order valence-electron chi connectivity index (χ0n) is 21.5. The highest BCUT2D eigenvalue weighted by atomic mass is 35.5. The molecule has 4 aromatic rings. The van der Waals surface area contributed by atoms with E-state index in [0.717, 1.165) is 18.2 Å². The van der Waals surface area contributed by atoms with Crippen LogP contribution in [0.5, 0.6) is 11.5 Å². The minimum absolute atomic E-state index is 0.0405. The van der Waals surface area contributed by atoms with Gasteiger partial charge in [-0.15, -0.1) is 0 Å². The Balaban J connectivity index is 1.57. The van der Waals surface area contributed by atoms with E-state index < -0.39 is 29.0 Å². The number of anilines is 2. The second-order valence-corrected chi connectivity index (χ2v) is 10.1. The van der Waals surface area contributed by atoms with Gasteiger partial charge in [-0.2, -0.15) is 5.10 Å². The molecule has 4 N–H and O–H groups in total. The van der Waals surface area contributed by atoms with E-state index in [9.17, 15) is 18.4 Å². The van der Waals surface area contributed by atoms with Crippen molar-refractivity contribution in [3.8, 4) is 17.2 Å². The second-order valence-electron chi connectivity index (χ2n) is 9.68. The first-order valence-corrected chi connectivity index (χ1v) is 12.1. The molecule has 2 heterocycles. The fourth-order valence-electron chi connectivity index (χ4n) is 3.87. The van der Waals surface area contributed by atoms with Gasteiger partial charge in [-0.05, 0) is 37.3 Å². The molecule has 2 aromatic carbocycles. The summed E-state index contributed by atoms with van der Waals surface area (Å²) in [6, 6.07) is 9.84. The van der Waals surface area contributed by atoms with Crippen molar-refractivity contribution in [2.45, 2.75) is 33.1 Å². The van der Waals surface area contributed by atoms with E-state index in [-0.39, 0.29) is 27.9 Å². The predicted octanol–water partition coefficient (Wildman–Crippen LogP) is 6.34. The molecule has 4 rings (SSSR count). The topological polar surface area (TPSA) is 124 Å². The van der Waals surface area contributed by atoms with Gasteiger partial charge in [0.15, 0.2) is 0 Å². The fraction of sp³-hybridized carbons (Fsp3) is 0.185. The number of aromatic nitrogens is 3. The third-order valence-corrected chi connectivity index (χ3v) is 5.88. The summed E-state index contributed by atoms with van der Waals surface area (Å²) >= 11 is 6.37. The summed E-state index contributed by atoms with van der Waals surface area (Å²) in [5.41, 5.74) is 6.51. The Bertz CT molecular complexity index is 1560. The predicted molar refractivity (Wildman–Crippen MR) is 144 cm³/mol. The monoisotopic (exact) mass is 554 g/mol. The van der Waals surface area contributed by atoms with Gasteiger partial charge in [-0.25, -0.2) is 18.3 Å². The van der Waals surface area contributed by atoms with E-state index in [4.69, 9.17) is 22.1 Å². The highest BCUT2D eigenvalue weighted by Crippen LogP contribution is 2.33. The van der Waals surface area contributed by atoms with E-state index in [1.165, 1.54) is 29.1 Å². The molecule has 0 saturated heterocycles. The number of benzene rings is 2. The van der Waals surface area contributed by atoms with Crippen LogP contribution in [0.1, 0.15) is 42.5 Å². The molecule has 0 fully saturated rings. The first-order valence-electron chi connectivity index (χ1n) is 11.7. The third kappa shape index (κ3) is 6.32. The molecule has 0 aliphatic heterocycles. The summed E-state index contributed by atoms with van der Waals surface area (Å²) in [6.45, 7) is 7.57. The zero-order valence-corrected chi connectivity index (χ0v) is 22.2. The van der Waals surface area contributed by atoms with Crippen molar-refractivity contribution in [1.29, 1.82) is 0 Å². The highest BCUT2D eigenvalue weighted by molar-refractivity contribution is 6.34. The molecule has 0 aliphatic carbocycles. The van der Waals surface area contributed by atoms with Crippen molar-refractivity contribution in [3.63, 3.8) is 0 Å². The molecule has 39 heavy (non-hydrogen) atoms. The molecule has 202 valence electrons. The molecule has 0 unspecified atom stereocenters. The molecule has 0 spiro atoms. The number of halogens is 3. The van der Waals surface area contributed by atoms with Gasteiger partial charge in [0, 0.05) is 35.4 Å². The maximum absolute atomic E-state index is 14.0. The number of urea groups is 1. The Morgan fingerprint density at radius 1 is 1.00 bits per heavy atom. The smallest absolute Gasteiger partial charge is 0.324 e. The van der Waals surface area contributed by atoms with Crippen LogP contribution in [-0.2, 0) is 5.41 Å². The van der Waals surface area contributed by atoms with Crippen molar-refractivity contribution in [2.24, 2.45) is 5.73 Å². The van der Waals surface area contributed by atoms with Crippen molar-refractivity contribution in [1.82, 2.24) is 14.8 Å². The minimum Gasteiger partial charge on any atom is -0.457 e. The number of ether oxygens (including phenoxy) is 1. The van der Waals surface area contributed by atoms with Crippen LogP contribution in [-0.4, -0.2) is 26.7 Å². The number of nitrogens with two attached hydrogens (primary N) is 1. The van der Waals surface area contributed by atoms with Gasteiger partial charge >= 0.3 is 6.03 Å². The third-order valence-electron chi connectivity index (χ3n) is 5.56. The molecule has 2 aromatic heterocycles. The average Bonchev–Trinajstić information content (AvgIpc) is 3.16. The van der Waals surface area contributed by atoms with Gasteiger partial charge in [0.2, 0.25) is 0 Å². The lowest BCUT2D eigenvalue weighted by atomic mass is 9.90. The van der Waals surface area contributed by atoms with Crippen molar-refractivity contribution < 1.29 is 23.1 Å². The fourth-order valence-corrected chi connectivity index (χ4v) is 4.09. The van der Waals surface area contributed by atoms with E-state index in [1.807, 2.05) is 20.8 Å². The quantitative estimate of drug-likeness (QED) is 0.256. The van der Waals surface area contributed by atoms with Crippen LogP contribution in [0, 0.1) is 18.6 Å². The van der Waals surface area contributed by atoms with Crippen molar-refractivity contribution in [2.75, 3.05) is 10.6 Å². The van der Waals surface area contributed by atoms with Crippen LogP contribution < -0.4 is 21.1 Å². The first-order chi connectivity index (χ1) is 18.3. The van der Waals surface area contributed by atoms with E-state index in [0.29, 0.717) is 22.8 Å². The maximum Gasteiger partial charge on any atom is 0.324 e. The molecule has 0 aliphatic rings. The highest BCUT2D eigenvalue weighted by Gasteiger charge is 2.26. The molecule has 0 radical (unpaired) electrons. The summed E-state index contributed by atoms with van der Waals surface area (Å²) in [5, 5.41) is 10.1. The number of nitrogens with one attached hydrogen (secondary N) is 2. The number of primary amides is 1. The van der Waals surface area contributed by atoms with Gasteiger partial charge in [0.05, 0.1) is 22.1 Å². The zero-order chi connectivity index (χ0) is 28.5. The van der Waals surface area contributed by atoms with Crippen LogP contribution in [0.3, 0.4) is 0 Å². The summed E-state index contributed by atoms with van der Waals surface area (Å²) in [4.78, 5) is 28.2. The molecule has 9 nitrogen and oxygen atoms in total. The van der Waals surface area contributed by atoms with Gasteiger partial charge in [0.25, 0.3) is 5.91 Å². The number of pyridine rings is 1. The van der Waals surface area contributed by atoms with Gasteiger partial charge in [-0.1, -0.05) is 32.4 Å². The van der Waals surface area contributed by atoms with E-state index >= 15 is 0 Å². The average molecular weight is 555 g/mol. The minimum atomic E-state index is -0.780. The molecular formula is C27H25ClF2N6O3. The molecule has 12 heteroatoms. The van der Waals surface area contributed by atoms with E-state index in [1.54, 1.807) is 19.1 Å². The van der Waals surface area contributed by atoms with Crippen LogP contribution >= 0.6 is 11.6 Å². The normalized spacial score (nSPS) is 11.3. The molecule has 0 atom stereocenters. The Hall–Kier alpha value is -4.51. The lowest BCUT2D eigenvalue weighted by molar-refractivity contribution is 0.0995. The summed E-state index contributed by atoms with van der Waals surface area (Å²) in [6.07, 6.45) is 1.38. The number of nitrogens with zero attached hydrogens (tertiary/aromatic N) is 3. The molecule has 3 amide bonds. The standard InChI is InChI=1S/C27H25ClF2N6O3/c1-14-23(27(2,3)4)35-36(17-10-15(29)9-16(30)11-17)25(14)34-26(38)33-21-6-5-18(12-20(21)28)39-19-7-8-32-22(13-19)24(31)37/h5-13H,1-4H3,(H2,31,37)(H2,33,34,38). The van der Waals surface area contributed by atoms with Gasteiger partial charge < -0.3 is 15.8 Å². The van der Waals surface area contributed by atoms with Crippen LogP contribution in [0.25, 0.3) is 5.69 Å². The lowest BCUT2D eigenvalue weighted by Gasteiger charge is -2.16. The number of hydrogen-bond acceptors (Lipinski definition) is 5. The number of carbonyl (C=O) groups excluding carboxylic acids is 2. The Kier molecular flexibility index (Phi) is 7.55. The number of carbonyl (C=O) groups is 2. The summed E-state index contributed by atoms with van der Waals surface area (Å²) in [7, 11) is 0. The second kappa shape index (κ2) is 10.7. The lowest BCUT2D eigenvalue weighted by Crippen LogP contribution is -2.22. The van der Waals surface area contributed by atoms with E-state index in [2.05, 4.69) is 20.7 Å². The van der Waals surface area contributed by atoms with Gasteiger partial charge in [-0.3, -0.25) is 15.1 Å². The SMILES string of the molecule is Cc1c(C(C)(C)C)nn(-c2cc(F)cc(F)c2)c1NC(=O)Nc1ccc(Oc2ccnc(C(N)=O)c2)cc1Cl. The number of rotatable bonds is 6.